The lowest BCUT2D eigenvalue weighted by Gasteiger charge is -2.20. The smallest absolute Gasteiger partial charge is 0.348 e. The minimum absolute atomic E-state index is 0.0919. The summed E-state index contributed by atoms with van der Waals surface area (Å²) in [6.45, 7) is 11.3. The number of terminal acetylenes is 1. The highest BCUT2D eigenvalue weighted by Crippen LogP contribution is 2.10. The predicted molar refractivity (Wildman–Crippen MR) is 138 cm³/mol. The van der Waals surface area contributed by atoms with Crippen molar-refractivity contribution >= 4 is 5.91 Å². The molecule has 1 heterocycles. The molecule has 1 unspecified atom stereocenters. The van der Waals surface area contributed by atoms with Gasteiger partial charge in [-0.15, -0.1) is 6.42 Å². The third-order valence-electron chi connectivity index (χ3n) is 5.27. The Morgan fingerprint density at radius 1 is 1.32 bits per heavy atom. The van der Waals surface area contributed by atoms with Crippen molar-refractivity contribution in [3.8, 4) is 12.3 Å². The highest BCUT2D eigenvalue weighted by Gasteiger charge is 2.16. The molecule has 0 aliphatic heterocycles. The van der Waals surface area contributed by atoms with Crippen LogP contribution >= 0.6 is 0 Å². The zero-order chi connectivity index (χ0) is 25.5. The van der Waals surface area contributed by atoms with Crippen LogP contribution in [0.25, 0.3) is 0 Å². The fourth-order valence-corrected chi connectivity index (χ4v) is 2.99. The minimum Gasteiger partial charge on any atom is -0.387 e. The number of carbonyl (C=O) groups is 1. The van der Waals surface area contributed by atoms with Crippen molar-refractivity contribution < 1.29 is 9.90 Å². The van der Waals surface area contributed by atoms with Crippen LogP contribution in [-0.4, -0.2) is 39.3 Å². The Morgan fingerprint density at radius 2 is 2.06 bits per heavy atom. The van der Waals surface area contributed by atoms with Gasteiger partial charge in [0, 0.05) is 36.3 Å². The number of rotatable bonds is 13. The highest BCUT2D eigenvalue weighted by molar-refractivity contribution is 5.81. The molecule has 3 N–H and O–H groups in total. The van der Waals surface area contributed by atoms with Crippen LogP contribution in [0.15, 0.2) is 83.1 Å². The number of nitrogens with one attached hydrogen (secondary N) is 2. The summed E-state index contributed by atoms with van der Waals surface area (Å²) < 4.78 is 1.27. The molecule has 0 saturated heterocycles. The third-order valence-corrected chi connectivity index (χ3v) is 5.27. The van der Waals surface area contributed by atoms with E-state index in [9.17, 15) is 14.7 Å². The van der Waals surface area contributed by atoms with Gasteiger partial charge < -0.3 is 15.7 Å². The molecule has 0 aliphatic carbocycles. The van der Waals surface area contributed by atoms with Gasteiger partial charge >= 0.3 is 5.69 Å². The molecule has 0 radical (unpaired) electrons. The molecule has 1 rings (SSSR count). The number of allylic oxidation sites excluding steroid dienone is 7. The van der Waals surface area contributed by atoms with Gasteiger partial charge in [0.25, 0.3) is 0 Å². The molecule has 182 valence electrons. The Morgan fingerprint density at radius 3 is 2.68 bits per heavy atom. The summed E-state index contributed by atoms with van der Waals surface area (Å²) in [5.41, 5.74) is 1.74. The van der Waals surface area contributed by atoms with Crippen molar-refractivity contribution in [3.63, 3.8) is 0 Å². The molecule has 0 spiro atoms. The van der Waals surface area contributed by atoms with Gasteiger partial charge in [-0.25, -0.2) is 9.78 Å². The Bertz CT molecular complexity index is 1040. The maximum Gasteiger partial charge on any atom is 0.348 e. The molecule has 1 aromatic heterocycles. The summed E-state index contributed by atoms with van der Waals surface area (Å²) in [7, 11) is 0. The van der Waals surface area contributed by atoms with Gasteiger partial charge in [0.1, 0.15) is 6.04 Å². The molecule has 0 aliphatic rings. The van der Waals surface area contributed by atoms with Crippen LogP contribution in [0.1, 0.15) is 46.6 Å². The molecule has 0 aromatic carbocycles. The van der Waals surface area contributed by atoms with E-state index in [0.29, 0.717) is 18.7 Å². The molecular weight excluding hydrogens is 428 g/mol. The van der Waals surface area contributed by atoms with Crippen molar-refractivity contribution in [1.82, 2.24) is 20.2 Å². The first kappa shape index (κ1) is 28.6. The lowest BCUT2D eigenvalue weighted by atomic mass is 10.0. The predicted octanol–water partition coefficient (Wildman–Crippen LogP) is 3.19. The van der Waals surface area contributed by atoms with Gasteiger partial charge in [-0.1, -0.05) is 43.7 Å². The second-order valence-corrected chi connectivity index (χ2v) is 7.93. The van der Waals surface area contributed by atoms with Crippen LogP contribution < -0.4 is 16.3 Å². The van der Waals surface area contributed by atoms with Crippen molar-refractivity contribution in [3.05, 3.63) is 88.8 Å². The zero-order valence-corrected chi connectivity index (χ0v) is 20.5. The Hall–Kier alpha value is -3.47. The van der Waals surface area contributed by atoms with E-state index in [1.807, 2.05) is 19.1 Å². The van der Waals surface area contributed by atoms with Crippen LogP contribution in [0.5, 0.6) is 0 Å². The Kier molecular flexibility index (Phi) is 12.9. The van der Waals surface area contributed by atoms with E-state index in [-0.39, 0.29) is 11.9 Å². The Balaban J connectivity index is 2.72. The summed E-state index contributed by atoms with van der Waals surface area (Å²) >= 11 is 0. The molecule has 1 aromatic rings. The second-order valence-electron chi connectivity index (χ2n) is 7.93. The molecular formula is C27H36N4O3. The number of carbonyl (C=O) groups excluding carboxylic acids is 1. The number of aliphatic hydroxyl groups is 1. The van der Waals surface area contributed by atoms with Crippen LogP contribution in [0.4, 0.5) is 0 Å². The van der Waals surface area contributed by atoms with Crippen molar-refractivity contribution in [1.29, 1.82) is 0 Å². The summed E-state index contributed by atoms with van der Waals surface area (Å²) in [6, 6.07) is 0.990. The van der Waals surface area contributed by atoms with Crippen molar-refractivity contribution in [2.45, 2.75) is 58.7 Å². The SMILES string of the molecule is C#C/C(=C\C=C(/C)NC(=O)C(C)n1cccnc1=O)C[C@H](CC)NC[C@H](O)/C(C)=C/C=C\C=C. The molecule has 0 fully saturated rings. The first-order valence-corrected chi connectivity index (χ1v) is 11.3. The molecule has 1 amide bonds. The maximum atomic E-state index is 12.5. The average Bonchev–Trinajstić information content (AvgIpc) is 2.83. The van der Waals surface area contributed by atoms with E-state index in [4.69, 9.17) is 6.42 Å². The van der Waals surface area contributed by atoms with Gasteiger partial charge in [-0.2, -0.15) is 0 Å². The van der Waals surface area contributed by atoms with Crippen LogP contribution in [-0.2, 0) is 4.79 Å². The van der Waals surface area contributed by atoms with E-state index < -0.39 is 17.8 Å². The molecule has 0 saturated carbocycles. The summed E-state index contributed by atoms with van der Waals surface area (Å²) in [4.78, 5) is 28.0. The maximum absolute atomic E-state index is 12.5. The number of aromatic nitrogens is 2. The second kappa shape index (κ2) is 15.4. The topological polar surface area (TPSA) is 96.2 Å². The van der Waals surface area contributed by atoms with Crippen LogP contribution in [0.3, 0.4) is 0 Å². The fraction of sp³-hybridized carbons (Fsp3) is 0.370. The van der Waals surface area contributed by atoms with Crippen LogP contribution in [0.2, 0.25) is 0 Å². The molecule has 0 bridgehead atoms. The number of nitrogens with zero attached hydrogens (tertiary/aromatic N) is 2. The van der Waals surface area contributed by atoms with E-state index in [2.05, 4.69) is 35.0 Å². The number of amides is 1. The summed E-state index contributed by atoms with van der Waals surface area (Å²) in [6.07, 6.45) is 20.2. The van der Waals surface area contributed by atoms with Crippen molar-refractivity contribution in [2.24, 2.45) is 0 Å². The van der Waals surface area contributed by atoms with E-state index in [0.717, 1.165) is 17.6 Å². The largest absolute Gasteiger partial charge is 0.387 e. The number of aliphatic hydroxyl groups excluding tert-OH is 1. The normalized spacial score (nSPS) is 15.5. The van der Waals surface area contributed by atoms with E-state index >= 15 is 0 Å². The van der Waals surface area contributed by atoms with Gasteiger partial charge in [0.15, 0.2) is 0 Å². The zero-order valence-electron chi connectivity index (χ0n) is 20.5. The molecule has 7 heteroatoms. The monoisotopic (exact) mass is 464 g/mol. The van der Waals surface area contributed by atoms with Gasteiger partial charge in [0.05, 0.1) is 6.10 Å². The molecule has 34 heavy (non-hydrogen) atoms. The minimum atomic E-state index is -0.703. The lowest BCUT2D eigenvalue weighted by molar-refractivity contribution is -0.123. The van der Waals surface area contributed by atoms with E-state index in [1.165, 1.54) is 17.0 Å². The first-order valence-electron chi connectivity index (χ1n) is 11.3. The van der Waals surface area contributed by atoms with Gasteiger partial charge in [-0.05, 0) is 57.4 Å². The molecule has 7 nitrogen and oxygen atoms in total. The third kappa shape index (κ3) is 9.99. The summed E-state index contributed by atoms with van der Waals surface area (Å²) in [5, 5.41) is 16.5. The quantitative estimate of drug-likeness (QED) is 0.308. The number of hydrogen-bond donors (Lipinski definition) is 3. The van der Waals surface area contributed by atoms with Gasteiger partial charge in [0.2, 0.25) is 5.91 Å². The lowest BCUT2D eigenvalue weighted by Crippen LogP contribution is -2.36. The van der Waals surface area contributed by atoms with Crippen LogP contribution in [0, 0.1) is 12.3 Å². The van der Waals surface area contributed by atoms with Crippen molar-refractivity contribution in [2.75, 3.05) is 6.54 Å². The standard InChI is InChI=1S/C27H36N4O3/c1-7-10-11-13-20(4)25(32)19-29-24(9-3)18-23(8-2)15-14-21(5)30-26(33)22(6)31-17-12-16-28-27(31)34/h2,7,10-17,22,24-25,29,32H,1,9,18-19H2,3-6H3,(H,30,33)/b11-10-,20-13+,21-14+,23-15+/t22?,24-,25-/m0/s1. The fourth-order valence-electron chi connectivity index (χ4n) is 2.99. The first-order chi connectivity index (χ1) is 16.2. The van der Waals surface area contributed by atoms with E-state index in [1.54, 1.807) is 44.2 Å². The highest BCUT2D eigenvalue weighted by atomic mass is 16.3. The van der Waals surface area contributed by atoms with Gasteiger partial charge in [-0.3, -0.25) is 9.36 Å². The summed E-state index contributed by atoms with van der Waals surface area (Å²) in [5.74, 6) is 2.37. The molecule has 3 atom stereocenters. The number of hydrogen-bond acceptors (Lipinski definition) is 5. The Labute approximate surface area is 202 Å². The average molecular weight is 465 g/mol.